The van der Waals surface area contributed by atoms with E-state index in [9.17, 15) is 0 Å². The number of hydrogen-bond donors (Lipinski definition) is 1. The number of nitrogens with zero attached hydrogens (tertiary/aromatic N) is 1. The Morgan fingerprint density at radius 1 is 1.41 bits per heavy atom. The Kier molecular flexibility index (Phi) is 5.05. The van der Waals surface area contributed by atoms with Crippen LogP contribution in [0.4, 0.5) is 0 Å². The summed E-state index contributed by atoms with van der Waals surface area (Å²) in [5, 5.41) is 3.38. The van der Waals surface area contributed by atoms with Crippen LogP contribution in [0.3, 0.4) is 0 Å². The molecular formula is C14H24N2O. The molecule has 3 nitrogen and oxygen atoms in total. The van der Waals surface area contributed by atoms with Crippen LogP contribution in [0, 0.1) is 5.92 Å². The second-order valence-corrected chi connectivity index (χ2v) is 5.09. The van der Waals surface area contributed by atoms with E-state index < -0.39 is 0 Å². The summed E-state index contributed by atoms with van der Waals surface area (Å²) in [6, 6.07) is 0. The van der Waals surface area contributed by atoms with Crippen LogP contribution in [0.25, 0.3) is 0 Å². The van der Waals surface area contributed by atoms with Crippen molar-refractivity contribution in [2.45, 2.75) is 58.4 Å². The Balaban J connectivity index is 1.76. The number of nitrogens with one attached hydrogen (secondary N) is 1. The molecule has 0 atom stereocenters. The second-order valence-electron chi connectivity index (χ2n) is 5.09. The van der Waals surface area contributed by atoms with Crippen LogP contribution in [0.1, 0.15) is 56.9 Å². The van der Waals surface area contributed by atoms with Gasteiger partial charge in [-0.1, -0.05) is 32.6 Å². The van der Waals surface area contributed by atoms with E-state index >= 15 is 0 Å². The largest absolute Gasteiger partial charge is 0.448 e. The smallest absolute Gasteiger partial charge is 0.181 e. The molecule has 1 aromatic heterocycles. The van der Waals surface area contributed by atoms with E-state index in [1.54, 1.807) is 6.39 Å². The first kappa shape index (κ1) is 12.6. The summed E-state index contributed by atoms with van der Waals surface area (Å²) in [6.45, 7) is 4.08. The van der Waals surface area contributed by atoms with Gasteiger partial charge < -0.3 is 9.73 Å². The zero-order valence-corrected chi connectivity index (χ0v) is 10.9. The first-order chi connectivity index (χ1) is 8.40. The van der Waals surface area contributed by atoms with Gasteiger partial charge in [0.15, 0.2) is 6.39 Å². The van der Waals surface area contributed by atoms with Crippen molar-refractivity contribution in [3.8, 4) is 0 Å². The number of rotatable bonds is 7. The third-order valence-electron chi connectivity index (χ3n) is 3.70. The van der Waals surface area contributed by atoms with Crippen LogP contribution in [0.5, 0.6) is 0 Å². The maximum Gasteiger partial charge on any atom is 0.181 e. The highest BCUT2D eigenvalue weighted by molar-refractivity contribution is 5.07. The van der Waals surface area contributed by atoms with Crippen LogP contribution >= 0.6 is 0 Å². The molecule has 17 heavy (non-hydrogen) atoms. The molecule has 1 heterocycles. The molecule has 1 aromatic rings. The molecule has 0 bridgehead atoms. The van der Waals surface area contributed by atoms with Gasteiger partial charge in [-0.3, -0.25) is 0 Å². The molecule has 0 aliphatic heterocycles. The van der Waals surface area contributed by atoms with E-state index in [0.717, 1.165) is 43.3 Å². The van der Waals surface area contributed by atoms with E-state index in [1.807, 2.05) is 0 Å². The Hall–Kier alpha value is -0.830. The van der Waals surface area contributed by atoms with Crippen LogP contribution < -0.4 is 5.32 Å². The SMILES string of the molecule is CCCNCc1ncoc1CCC1CCCC1. The summed E-state index contributed by atoms with van der Waals surface area (Å²) in [5.41, 5.74) is 1.11. The van der Waals surface area contributed by atoms with Crippen molar-refractivity contribution in [2.24, 2.45) is 5.92 Å². The lowest BCUT2D eigenvalue weighted by molar-refractivity contribution is 0.442. The molecule has 1 saturated carbocycles. The Morgan fingerprint density at radius 2 is 2.24 bits per heavy atom. The van der Waals surface area contributed by atoms with Crippen LogP contribution in [0.2, 0.25) is 0 Å². The van der Waals surface area contributed by atoms with Gasteiger partial charge in [0.2, 0.25) is 0 Å². The molecule has 96 valence electrons. The normalized spacial score (nSPS) is 16.8. The Labute approximate surface area is 104 Å². The van der Waals surface area contributed by atoms with Gasteiger partial charge in [0.25, 0.3) is 0 Å². The summed E-state index contributed by atoms with van der Waals surface area (Å²) >= 11 is 0. The van der Waals surface area contributed by atoms with Crippen molar-refractivity contribution in [2.75, 3.05) is 6.54 Å². The van der Waals surface area contributed by atoms with E-state index in [0.29, 0.717) is 0 Å². The summed E-state index contributed by atoms with van der Waals surface area (Å²) in [6.07, 6.45) is 10.8. The van der Waals surface area contributed by atoms with Gasteiger partial charge in [-0.05, 0) is 25.3 Å². The monoisotopic (exact) mass is 236 g/mol. The average Bonchev–Trinajstić information content (AvgIpc) is 2.97. The summed E-state index contributed by atoms with van der Waals surface area (Å²) in [5.74, 6) is 2.03. The lowest BCUT2D eigenvalue weighted by atomic mass is 10.0. The minimum atomic E-state index is 0.852. The highest BCUT2D eigenvalue weighted by Crippen LogP contribution is 2.29. The summed E-state index contributed by atoms with van der Waals surface area (Å²) in [4.78, 5) is 4.30. The van der Waals surface area contributed by atoms with Crippen LogP contribution in [-0.4, -0.2) is 11.5 Å². The van der Waals surface area contributed by atoms with E-state index in [4.69, 9.17) is 4.42 Å². The van der Waals surface area contributed by atoms with E-state index in [-0.39, 0.29) is 0 Å². The van der Waals surface area contributed by atoms with E-state index in [2.05, 4.69) is 17.2 Å². The molecule has 3 heteroatoms. The molecule has 2 rings (SSSR count). The van der Waals surface area contributed by atoms with Crippen molar-refractivity contribution in [3.63, 3.8) is 0 Å². The molecular weight excluding hydrogens is 212 g/mol. The molecule has 0 radical (unpaired) electrons. The maximum absolute atomic E-state index is 5.50. The van der Waals surface area contributed by atoms with Gasteiger partial charge in [-0.2, -0.15) is 0 Å². The fourth-order valence-corrected chi connectivity index (χ4v) is 2.66. The molecule has 0 aromatic carbocycles. The fraction of sp³-hybridized carbons (Fsp3) is 0.786. The third kappa shape index (κ3) is 3.84. The Bertz CT molecular complexity index is 316. The second kappa shape index (κ2) is 6.80. The first-order valence-electron chi connectivity index (χ1n) is 7.02. The average molecular weight is 236 g/mol. The number of aryl methyl sites for hydroxylation is 1. The summed E-state index contributed by atoms with van der Waals surface area (Å²) in [7, 11) is 0. The number of hydrogen-bond acceptors (Lipinski definition) is 3. The molecule has 0 saturated heterocycles. The van der Waals surface area contributed by atoms with Crippen LogP contribution in [-0.2, 0) is 13.0 Å². The quantitative estimate of drug-likeness (QED) is 0.738. The molecule has 1 N–H and O–H groups in total. The third-order valence-corrected chi connectivity index (χ3v) is 3.70. The van der Waals surface area contributed by atoms with E-state index in [1.165, 1.54) is 32.1 Å². The van der Waals surface area contributed by atoms with Gasteiger partial charge >= 0.3 is 0 Å². The van der Waals surface area contributed by atoms with Crippen molar-refractivity contribution >= 4 is 0 Å². The van der Waals surface area contributed by atoms with Crippen molar-refractivity contribution in [3.05, 3.63) is 17.8 Å². The number of oxazole rings is 1. The van der Waals surface area contributed by atoms with Crippen molar-refractivity contribution in [1.29, 1.82) is 0 Å². The zero-order valence-electron chi connectivity index (χ0n) is 10.9. The van der Waals surface area contributed by atoms with Crippen molar-refractivity contribution in [1.82, 2.24) is 10.3 Å². The van der Waals surface area contributed by atoms with Gasteiger partial charge in [-0.15, -0.1) is 0 Å². The molecule has 1 aliphatic rings. The molecule has 0 amide bonds. The number of aromatic nitrogens is 1. The molecule has 1 aliphatic carbocycles. The minimum absolute atomic E-state index is 0.852. The fourth-order valence-electron chi connectivity index (χ4n) is 2.66. The molecule has 0 spiro atoms. The Morgan fingerprint density at radius 3 is 3.00 bits per heavy atom. The molecule has 0 unspecified atom stereocenters. The zero-order chi connectivity index (χ0) is 11.9. The van der Waals surface area contributed by atoms with Crippen molar-refractivity contribution < 1.29 is 4.42 Å². The highest BCUT2D eigenvalue weighted by atomic mass is 16.3. The minimum Gasteiger partial charge on any atom is -0.448 e. The van der Waals surface area contributed by atoms with Gasteiger partial charge in [0, 0.05) is 13.0 Å². The standard InChI is InChI=1S/C14H24N2O/c1-2-9-15-10-13-14(17-11-16-13)8-7-12-5-3-4-6-12/h11-12,15H,2-10H2,1H3. The lowest BCUT2D eigenvalue weighted by Gasteiger charge is -2.07. The lowest BCUT2D eigenvalue weighted by Crippen LogP contribution is -2.15. The topological polar surface area (TPSA) is 38.1 Å². The predicted molar refractivity (Wildman–Crippen MR) is 68.8 cm³/mol. The maximum atomic E-state index is 5.50. The van der Waals surface area contributed by atoms with Gasteiger partial charge in [-0.25, -0.2) is 4.98 Å². The molecule has 1 fully saturated rings. The highest BCUT2D eigenvalue weighted by Gasteiger charge is 2.16. The predicted octanol–water partition coefficient (Wildman–Crippen LogP) is 3.30. The van der Waals surface area contributed by atoms with Gasteiger partial charge in [0.05, 0.1) is 5.69 Å². The first-order valence-corrected chi connectivity index (χ1v) is 7.02. The summed E-state index contributed by atoms with van der Waals surface area (Å²) < 4.78 is 5.50. The van der Waals surface area contributed by atoms with Gasteiger partial charge in [0.1, 0.15) is 5.76 Å². The van der Waals surface area contributed by atoms with Crippen LogP contribution in [0.15, 0.2) is 10.8 Å².